The van der Waals surface area contributed by atoms with Crippen molar-refractivity contribution in [3.63, 3.8) is 0 Å². The Kier molecular flexibility index (Phi) is 4.16. The van der Waals surface area contributed by atoms with E-state index in [4.69, 9.17) is 28.3 Å². The van der Waals surface area contributed by atoms with Gasteiger partial charge in [-0.1, -0.05) is 64.7 Å². The van der Waals surface area contributed by atoms with Crippen LogP contribution in [0, 0.1) is 0 Å². The van der Waals surface area contributed by atoms with Gasteiger partial charge in [0.05, 0.1) is 21.4 Å². The van der Waals surface area contributed by atoms with Crippen LogP contribution in [0.5, 0.6) is 0 Å². The lowest BCUT2D eigenvalue weighted by Gasteiger charge is -2.20. The molecular formula is C17H22Cl2N2. The predicted molar refractivity (Wildman–Crippen MR) is 91.0 cm³/mol. The Morgan fingerprint density at radius 1 is 0.857 bits per heavy atom. The molecule has 1 aromatic heterocycles. The molecule has 0 saturated heterocycles. The third kappa shape index (κ3) is 3.44. The molecule has 2 rings (SSSR count). The van der Waals surface area contributed by atoms with Crippen LogP contribution in [0.15, 0.2) is 24.3 Å². The first-order valence-electron chi connectivity index (χ1n) is 7.06. The van der Waals surface area contributed by atoms with Crippen LogP contribution < -0.4 is 0 Å². The Morgan fingerprint density at radius 3 is 1.95 bits per heavy atom. The van der Waals surface area contributed by atoms with Gasteiger partial charge in [-0.25, -0.2) is 4.68 Å². The second kappa shape index (κ2) is 5.33. The van der Waals surface area contributed by atoms with E-state index in [2.05, 4.69) is 47.6 Å². The molecule has 0 amide bonds. The number of benzene rings is 1. The first kappa shape index (κ1) is 16.4. The number of halogens is 2. The van der Waals surface area contributed by atoms with Crippen LogP contribution in [0.4, 0.5) is 0 Å². The minimum Gasteiger partial charge on any atom is -0.237 e. The SMILES string of the molecule is CC(C)(C)c1cc(C(C)(C)C)n(-c2ccc(Cl)c(Cl)c2)n1. The maximum Gasteiger partial charge on any atom is 0.0685 e. The van der Waals surface area contributed by atoms with Gasteiger partial charge >= 0.3 is 0 Å². The highest BCUT2D eigenvalue weighted by atomic mass is 35.5. The maximum atomic E-state index is 6.15. The number of rotatable bonds is 1. The van der Waals surface area contributed by atoms with Crippen LogP contribution >= 0.6 is 23.2 Å². The smallest absolute Gasteiger partial charge is 0.0685 e. The first-order chi connectivity index (χ1) is 9.50. The van der Waals surface area contributed by atoms with Crippen molar-refractivity contribution in [3.05, 3.63) is 45.7 Å². The summed E-state index contributed by atoms with van der Waals surface area (Å²) in [6.45, 7) is 13.1. The normalized spacial score (nSPS) is 12.8. The van der Waals surface area contributed by atoms with Crippen LogP contribution in [-0.2, 0) is 10.8 Å². The van der Waals surface area contributed by atoms with E-state index in [0.29, 0.717) is 10.0 Å². The van der Waals surface area contributed by atoms with Gasteiger partial charge in [0.1, 0.15) is 0 Å². The molecule has 0 fully saturated rings. The second-order valence-corrected chi connectivity index (χ2v) is 8.24. The summed E-state index contributed by atoms with van der Waals surface area (Å²) in [6.07, 6.45) is 0. The minimum absolute atomic E-state index is 0.00146. The molecule has 21 heavy (non-hydrogen) atoms. The van der Waals surface area contributed by atoms with Gasteiger partial charge < -0.3 is 0 Å². The van der Waals surface area contributed by atoms with Gasteiger partial charge in [0.15, 0.2) is 0 Å². The molecule has 4 heteroatoms. The summed E-state index contributed by atoms with van der Waals surface area (Å²) in [5.74, 6) is 0. The number of aromatic nitrogens is 2. The molecular weight excluding hydrogens is 303 g/mol. The lowest BCUT2D eigenvalue weighted by molar-refractivity contribution is 0.537. The van der Waals surface area contributed by atoms with Crippen molar-refractivity contribution in [1.82, 2.24) is 9.78 Å². The van der Waals surface area contributed by atoms with Crippen LogP contribution in [0.3, 0.4) is 0 Å². The molecule has 0 aliphatic rings. The molecule has 0 bridgehead atoms. The monoisotopic (exact) mass is 324 g/mol. The molecule has 2 aromatic rings. The van der Waals surface area contributed by atoms with Crippen LogP contribution in [0.1, 0.15) is 52.9 Å². The largest absolute Gasteiger partial charge is 0.237 e. The molecule has 0 N–H and O–H groups in total. The summed E-state index contributed by atoms with van der Waals surface area (Å²) >= 11 is 12.2. The molecule has 114 valence electrons. The summed E-state index contributed by atoms with van der Waals surface area (Å²) in [6, 6.07) is 7.80. The van der Waals surface area contributed by atoms with Crippen LogP contribution in [0.2, 0.25) is 10.0 Å². The molecule has 0 spiro atoms. The van der Waals surface area contributed by atoms with Gasteiger partial charge in [-0.3, -0.25) is 0 Å². The van der Waals surface area contributed by atoms with Crippen LogP contribution in [-0.4, -0.2) is 9.78 Å². The topological polar surface area (TPSA) is 17.8 Å². The number of hydrogen-bond donors (Lipinski definition) is 0. The van der Waals surface area contributed by atoms with Gasteiger partial charge in [-0.05, 0) is 24.3 Å². The fraction of sp³-hybridized carbons (Fsp3) is 0.471. The zero-order valence-electron chi connectivity index (χ0n) is 13.5. The molecule has 0 aliphatic heterocycles. The highest BCUT2D eigenvalue weighted by molar-refractivity contribution is 6.42. The maximum absolute atomic E-state index is 6.15. The zero-order chi connectivity index (χ0) is 16.0. The molecule has 0 saturated carbocycles. The zero-order valence-corrected chi connectivity index (χ0v) is 15.0. The van der Waals surface area contributed by atoms with Crippen LogP contribution in [0.25, 0.3) is 5.69 Å². The van der Waals surface area contributed by atoms with Crippen molar-refractivity contribution in [2.45, 2.75) is 52.4 Å². The van der Waals surface area contributed by atoms with E-state index in [1.165, 1.54) is 0 Å². The van der Waals surface area contributed by atoms with Crippen molar-refractivity contribution in [1.29, 1.82) is 0 Å². The molecule has 0 aliphatic carbocycles. The van der Waals surface area contributed by atoms with E-state index in [9.17, 15) is 0 Å². The minimum atomic E-state index is -0.0113. The summed E-state index contributed by atoms with van der Waals surface area (Å²) < 4.78 is 1.97. The van der Waals surface area contributed by atoms with E-state index in [1.54, 1.807) is 0 Å². The Morgan fingerprint density at radius 2 is 1.48 bits per heavy atom. The molecule has 0 atom stereocenters. The van der Waals surface area contributed by atoms with Crippen molar-refractivity contribution in [2.75, 3.05) is 0 Å². The Bertz CT molecular complexity index is 658. The van der Waals surface area contributed by atoms with Gasteiger partial charge in [0.25, 0.3) is 0 Å². The summed E-state index contributed by atoms with van der Waals surface area (Å²) in [5.41, 5.74) is 3.15. The second-order valence-electron chi connectivity index (χ2n) is 7.43. The quantitative estimate of drug-likeness (QED) is 0.650. The third-order valence-corrected chi connectivity index (χ3v) is 4.13. The molecule has 2 nitrogen and oxygen atoms in total. The predicted octanol–water partition coefficient (Wildman–Crippen LogP) is 5.77. The van der Waals surface area contributed by atoms with E-state index >= 15 is 0 Å². The summed E-state index contributed by atoms with van der Waals surface area (Å²) in [5, 5.41) is 5.90. The highest BCUT2D eigenvalue weighted by Gasteiger charge is 2.26. The summed E-state index contributed by atoms with van der Waals surface area (Å²) in [4.78, 5) is 0. The average Bonchev–Trinajstić information content (AvgIpc) is 2.77. The fourth-order valence-electron chi connectivity index (χ4n) is 2.10. The molecule has 1 aromatic carbocycles. The highest BCUT2D eigenvalue weighted by Crippen LogP contribution is 2.32. The van der Waals surface area contributed by atoms with Crippen molar-refractivity contribution in [2.24, 2.45) is 0 Å². The van der Waals surface area contributed by atoms with Crippen molar-refractivity contribution >= 4 is 23.2 Å². The van der Waals surface area contributed by atoms with Gasteiger partial charge in [0.2, 0.25) is 0 Å². The van der Waals surface area contributed by atoms with E-state index in [1.807, 2.05) is 22.9 Å². The lowest BCUT2D eigenvalue weighted by Crippen LogP contribution is -2.17. The Labute approximate surface area is 137 Å². The van der Waals surface area contributed by atoms with E-state index in [-0.39, 0.29) is 10.8 Å². The van der Waals surface area contributed by atoms with Gasteiger partial charge in [-0.2, -0.15) is 5.10 Å². The van der Waals surface area contributed by atoms with Crippen molar-refractivity contribution in [3.8, 4) is 5.69 Å². The van der Waals surface area contributed by atoms with E-state index < -0.39 is 0 Å². The Balaban J connectivity index is 2.66. The standard InChI is InChI=1S/C17H22Cl2N2/c1-16(2,3)14-10-15(17(4,5)6)21(20-14)11-7-8-12(18)13(19)9-11/h7-10H,1-6H3. The molecule has 0 radical (unpaired) electrons. The lowest BCUT2D eigenvalue weighted by atomic mass is 9.88. The summed E-state index contributed by atoms with van der Waals surface area (Å²) in [7, 11) is 0. The third-order valence-electron chi connectivity index (χ3n) is 3.39. The van der Waals surface area contributed by atoms with Gasteiger partial charge in [-0.15, -0.1) is 0 Å². The molecule has 1 heterocycles. The van der Waals surface area contributed by atoms with Gasteiger partial charge in [0, 0.05) is 16.5 Å². The first-order valence-corrected chi connectivity index (χ1v) is 7.82. The fourth-order valence-corrected chi connectivity index (χ4v) is 2.39. The number of nitrogens with zero attached hydrogens (tertiary/aromatic N) is 2. The van der Waals surface area contributed by atoms with E-state index in [0.717, 1.165) is 17.1 Å². The number of hydrogen-bond acceptors (Lipinski definition) is 1. The molecule has 0 unspecified atom stereocenters. The average molecular weight is 325 g/mol. The Hall–Kier alpha value is -0.990. The van der Waals surface area contributed by atoms with Crippen molar-refractivity contribution < 1.29 is 0 Å².